The van der Waals surface area contributed by atoms with Crippen LogP contribution in [0, 0.1) is 11.7 Å². The van der Waals surface area contributed by atoms with Crippen molar-refractivity contribution in [1.29, 1.82) is 0 Å². The Morgan fingerprint density at radius 2 is 1.85 bits per heavy atom. The number of sulfone groups is 1. The van der Waals surface area contributed by atoms with E-state index in [0.717, 1.165) is 0 Å². The molecule has 1 aliphatic carbocycles. The van der Waals surface area contributed by atoms with Crippen LogP contribution in [-0.4, -0.2) is 52.4 Å². The fraction of sp³-hybridized carbons (Fsp3) is 0.500. The number of nitrogens with zero attached hydrogens (tertiary/aromatic N) is 1. The van der Waals surface area contributed by atoms with E-state index in [1.54, 1.807) is 51.1 Å². The molecule has 39 heavy (non-hydrogen) atoms. The summed E-state index contributed by atoms with van der Waals surface area (Å²) in [7, 11) is -3.71. The van der Waals surface area contributed by atoms with Crippen molar-refractivity contribution in [2.75, 3.05) is 5.75 Å². The first-order valence-electron chi connectivity index (χ1n) is 12.7. The molecule has 1 saturated carbocycles. The van der Waals surface area contributed by atoms with E-state index in [1.807, 2.05) is 0 Å². The topological polar surface area (TPSA) is 101 Å². The maximum atomic E-state index is 14.8. The molecular weight excluding hydrogens is 568 g/mol. The number of hydrogen-bond acceptors (Lipinski definition) is 5. The summed E-state index contributed by atoms with van der Waals surface area (Å²) in [6, 6.07) is 9.09. The van der Waals surface area contributed by atoms with Crippen LogP contribution in [0.1, 0.15) is 70.2 Å². The van der Waals surface area contributed by atoms with Gasteiger partial charge in [0.2, 0.25) is 0 Å². The van der Waals surface area contributed by atoms with Gasteiger partial charge in [-0.1, -0.05) is 41.4 Å². The lowest BCUT2D eigenvalue weighted by Crippen LogP contribution is -2.62. The van der Waals surface area contributed by atoms with Gasteiger partial charge >= 0.3 is 5.97 Å². The summed E-state index contributed by atoms with van der Waals surface area (Å²) in [5.74, 6) is -3.08. The van der Waals surface area contributed by atoms with Crippen LogP contribution in [0.2, 0.25) is 10.0 Å². The first-order chi connectivity index (χ1) is 18.0. The van der Waals surface area contributed by atoms with E-state index in [0.29, 0.717) is 29.0 Å². The fourth-order valence-electron chi connectivity index (χ4n) is 5.07. The lowest BCUT2D eigenvalue weighted by Gasteiger charge is -2.52. The average Bonchev–Trinajstić information content (AvgIpc) is 3.65. The Balaban J connectivity index is 1.97. The van der Waals surface area contributed by atoms with E-state index in [9.17, 15) is 27.5 Å². The summed E-state index contributed by atoms with van der Waals surface area (Å²) in [6.45, 7) is 6.20. The van der Waals surface area contributed by atoms with Gasteiger partial charge in [0.05, 0.1) is 28.0 Å². The Kier molecular flexibility index (Phi) is 8.13. The largest absolute Gasteiger partial charge is 0.481 e. The van der Waals surface area contributed by atoms with Crippen molar-refractivity contribution in [3.8, 4) is 0 Å². The average molecular weight is 601 g/mol. The minimum atomic E-state index is -3.71. The Morgan fingerprint density at radius 3 is 2.38 bits per heavy atom. The maximum Gasteiger partial charge on any atom is 0.306 e. The number of ether oxygens (including phenoxy) is 1. The van der Waals surface area contributed by atoms with Crippen molar-refractivity contribution in [2.45, 2.75) is 75.5 Å². The predicted molar refractivity (Wildman–Crippen MR) is 147 cm³/mol. The van der Waals surface area contributed by atoms with E-state index >= 15 is 0 Å². The molecule has 1 amide bonds. The monoisotopic (exact) mass is 599 g/mol. The summed E-state index contributed by atoms with van der Waals surface area (Å²) >= 11 is 12.3. The van der Waals surface area contributed by atoms with Crippen LogP contribution in [0.3, 0.4) is 0 Å². The molecule has 1 unspecified atom stereocenters. The molecule has 0 radical (unpaired) electrons. The third-order valence-electron chi connectivity index (χ3n) is 7.46. The quantitative estimate of drug-likeness (QED) is 0.399. The molecular formula is C28H32Cl2FNO6S. The molecule has 11 heteroatoms. The molecule has 1 saturated heterocycles. The van der Waals surface area contributed by atoms with Crippen LogP contribution in [0.15, 0.2) is 42.5 Å². The summed E-state index contributed by atoms with van der Waals surface area (Å²) in [5, 5.41) is 9.98. The minimum absolute atomic E-state index is 0.113. The minimum Gasteiger partial charge on any atom is -0.481 e. The Labute approximate surface area is 238 Å². The van der Waals surface area contributed by atoms with Crippen LogP contribution in [-0.2, 0) is 24.2 Å². The van der Waals surface area contributed by atoms with Crippen LogP contribution < -0.4 is 0 Å². The van der Waals surface area contributed by atoms with Crippen LogP contribution in [0.5, 0.6) is 0 Å². The van der Waals surface area contributed by atoms with Crippen molar-refractivity contribution in [3.63, 3.8) is 0 Å². The molecule has 0 spiro atoms. The molecule has 7 nitrogen and oxygen atoms in total. The van der Waals surface area contributed by atoms with Gasteiger partial charge < -0.3 is 14.7 Å². The van der Waals surface area contributed by atoms with Crippen molar-refractivity contribution < 1.29 is 32.2 Å². The number of carbonyl (C=O) groups excluding carboxylic acids is 1. The summed E-state index contributed by atoms with van der Waals surface area (Å²) in [4.78, 5) is 27.6. The van der Waals surface area contributed by atoms with Gasteiger partial charge in [-0.05, 0) is 81.8 Å². The molecule has 2 aliphatic rings. The van der Waals surface area contributed by atoms with Crippen molar-refractivity contribution in [1.82, 2.24) is 4.90 Å². The van der Waals surface area contributed by atoms with E-state index in [1.165, 1.54) is 24.0 Å². The highest BCUT2D eigenvalue weighted by molar-refractivity contribution is 7.92. The van der Waals surface area contributed by atoms with Crippen molar-refractivity contribution >= 4 is 44.9 Å². The van der Waals surface area contributed by atoms with Gasteiger partial charge in [-0.2, -0.15) is 0 Å². The maximum absolute atomic E-state index is 14.8. The van der Waals surface area contributed by atoms with Gasteiger partial charge in [0, 0.05) is 11.1 Å². The summed E-state index contributed by atoms with van der Waals surface area (Å²) in [5.41, 5.74) is -0.949. The van der Waals surface area contributed by atoms with Gasteiger partial charge in [-0.15, -0.1) is 0 Å². The number of rotatable bonds is 8. The SMILES string of the molecule is CC(C)(C)S(=O)(=O)CC(C1CC1)N1C(=O)[C@@](C)(CC(=O)O)O[C@H](c2cccc(Cl)c2)[C@H]1c1ccc(Cl)c(F)c1. The Morgan fingerprint density at radius 1 is 1.18 bits per heavy atom. The molecule has 2 fully saturated rings. The van der Waals surface area contributed by atoms with Gasteiger partial charge in [-0.25, -0.2) is 12.8 Å². The number of amides is 1. The summed E-state index contributed by atoms with van der Waals surface area (Å²) < 4.78 is 47.0. The van der Waals surface area contributed by atoms with Gasteiger partial charge in [0.15, 0.2) is 15.4 Å². The zero-order valence-corrected chi connectivity index (χ0v) is 24.5. The molecule has 4 atom stereocenters. The van der Waals surface area contributed by atoms with E-state index < -0.39 is 62.5 Å². The zero-order chi connectivity index (χ0) is 28.9. The third kappa shape index (κ3) is 6.11. The molecule has 4 rings (SSSR count). The number of benzene rings is 2. The van der Waals surface area contributed by atoms with Crippen LogP contribution >= 0.6 is 23.2 Å². The number of aliphatic carboxylic acids is 1. The van der Waals surface area contributed by atoms with Crippen LogP contribution in [0.4, 0.5) is 4.39 Å². The van der Waals surface area contributed by atoms with Gasteiger partial charge in [-0.3, -0.25) is 9.59 Å². The molecule has 1 heterocycles. The standard InChI is InChI=1S/C28H32Cl2FNO6S/c1-27(2,3)39(36,37)15-22(16-8-9-16)32-24(17-10-11-20(30)21(31)13-17)25(18-6-5-7-19(29)12-18)38-28(4,26(32)35)14-23(33)34/h5-7,10-13,16,22,24-25H,8-9,14-15H2,1-4H3,(H,33,34)/t22?,24-,25-,28-/m1/s1. The van der Waals surface area contributed by atoms with Gasteiger partial charge in [0.25, 0.3) is 5.91 Å². The third-order valence-corrected chi connectivity index (χ3v) is 10.6. The molecule has 212 valence electrons. The molecule has 2 aromatic rings. The smallest absolute Gasteiger partial charge is 0.306 e. The number of halogens is 3. The second-order valence-corrected chi connectivity index (χ2v) is 15.2. The highest BCUT2D eigenvalue weighted by Gasteiger charge is 2.56. The highest BCUT2D eigenvalue weighted by atomic mass is 35.5. The molecule has 1 aliphatic heterocycles. The molecule has 2 aromatic carbocycles. The van der Waals surface area contributed by atoms with Crippen molar-refractivity contribution in [3.05, 3.63) is 69.5 Å². The number of hydrogen-bond donors (Lipinski definition) is 1. The first kappa shape index (κ1) is 29.8. The number of carboxylic acid groups (broad SMARTS) is 1. The molecule has 0 bridgehead atoms. The number of carbonyl (C=O) groups is 2. The predicted octanol–water partition coefficient (Wildman–Crippen LogP) is 6.00. The lowest BCUT2D eigenvalue weighted by atomic mass is 9.85. The summed E-state index contributed by atoms with van der Waals surface area (Å²) in [6.07, 6.45) is -0.225. The fourth-order valence-corrected chi connectivity index (χ4v) is 6.77. The first-order valence-corrected chi connectivity index (χ1v) is 15.1. The normalized spacial score (nSPS) is 25.0. The van der Waals surface area contributed by atoms with Crippen LogP contribution in [0.25, 0.3) is 0 Å². The van der Waals surface area contributed by atoms with Gasteiger partial charge in [0.1, 0.15) is 11.9 Å². The van der Waals surface area contributed by atoms with Crippen molar-refractivity contribution in [2.24, 2.45) is 5.92 Å². The second-order valence-electron chi connectivity index (χ2n) is 11.5. The highest BCUT2D eigenvalue weighted by Crippen LogP contribution is 2.51. The zero-order valence-electron chi connectivity index (χ0n) is 22.2. The second kappa shape index (κ2) is 10.7. The van der Waals surface area contributed by atoms with E-state index in [2.05, 4.69) is 0 Å². The molecule has 0 aromatic heterocycles. The van der Waals surface area contributed by atoms with E-state index in [-0.39, 0.29) is 16.7 Å². The Hall–Kier alpha value is -2.20. The lowest BCUT2D eigenvalue weighted by molar-refractivity contribution is -0.206. The number of carboxylic acids is 1. The Bertz CT molecular complexity index is 1390. The molecule has 1 N–H and O–H groups in total. The number of morpholine rings is 1. The van der Waals surface area contributed by atoms with E-state index in [4.69, 9.17) is 27.9 Å².